The molecular weight excluding hydrogens is 454 g/mol. The van der Waals surface area contributed by atoms with Gasteiger partial charge in [-0.2, -0.15) is 18.3 Å². The summed E-state index contributed by atoms with van der Waals surface area (Å²) >= 11 is 0. The summed E-state index contributed by atoms with van der Waals surface area (Å²) in [4.78, 5) is 24.0. The minimum absolute atomic E-state index is 0.00943. The van der Waals surface area contributed by atoms with Crippen LogP contribution in [0.1, 0.15) is 37.5 Å². The third-order valence-corrected chi connectivity index (χ3v) is 5.18. The largest absolute Gasteiger partial charge is 0.478 e. The standard InChI is InChI=1S/C24H17F4N3O3/c25-18-9-10-19-20(11-18)30-31(13-15-3-7-17(8-4-15)24(26,27)28)21(19)22(32)29-12-14-1-5-16(6-2-14)23(33)34/h1-11H,12-13H2,(H,29,32)(H,33,34). The molecular formula is C24H17F4N3O3. The third-order valence-electron chi connectivity index (χ3n) is 5.18. The van der Waals surface area contributed by atoms with E-state index < -0.39 is 29.4 Å². The van der Waals surface area contributed by atoms with E-state index in [1.807, 2.05) is 0 Å². The Balaban J connectivity index is 1.61. The van der Waals surface area contributed by atoms with Gasteiger partial charge >= 0.3 is 12.1 Å². The monoisotopic (exact) mass is 471 g/mol. The maximum atomic E-state index is 13.7. The van der Waals surface area contributed by atoms with E-state index in [9.17, 15) is 27.2 Å². The normalized spacial score (nSPS) is 11.5. The van der Waals surface area contributed by atoms with Crippen molar-refractivity contribution >= 4 is 22.8 Å². The average molecular weight is 471 g/mol. The van der Waals surface area contributed by atoms with Gasteiger partial charge in [0.05, 0.1) is 23.2 Å². The Hall–Kier alpha value is -4.21. The minimum atomic E-state index is -4.47. The molecule has 3 aromatic carbocycles. The number of carboxylic acids is 1. The van der Waals surface area contributed by atoms with E-state index in [0.29, 0.717) is 16.5 Å². The average Bonchev–Trinajstić information content (AvgIpc) is 3.14. The van der Waals surface area contributed by atoms with Crippen molar-refractivity contribution in [3.05, 3.63) is 100 Å². The van der Waals surface area contributed by atoms with Crippen molar-refractivity contribution in [1.29, 1.82) is 0 Å². The van der Waals surface area contributed by atoms with E-state index >= 15 is 0 Å². The summed E-state index contributed by atoms with van der Waals surface area (Å²) in [6.45, 7) is 0.0807. The van der Waals surface area contributed by atoms with E-state index in [1.165, 1.54) is 47.1 Å². The van der Waals surface area contributed by atoms with Crippen LogP contribution in [0.2, 0.25) is 0 Å². The number of rotatable bonds is 6. The van der Waals surface area contributed by atoms with E-state index in [4.69, 9.17) is 5.11 Å². The maximum Gasteiger partial charge on any atom is 0.416 e. The molecule has 1 aromatic heterocycles. The molecule has 0 saturated heterocycles. The second-order valence-corrected chi connectivity index (χ2v) is 7.55. The number of hydrogen-bond acceptors (Lipinski definition) is 3. The highest BCUT2D eigenvalue weighted by molar-refractivity contribution is 6.05. The molecule has 0 fully saturated rings. The van der Waals surface area contributed by atoms with E-state index in [-0.39, 0.29) is 29.9 Å². The number of aromatic nitrogens is 2. The highest BCUT2D eigenvalue weighted by Gasteiger charge is 2.30. The van der Waals surface area contributed by atoms with E-state index in [2.05, 4.69) is 10.4 Å². The van der Waals surface area contributed by atoms with Gasteiger partial charge in [0.1, 0.15) is 11.5 Å². The highest BCUT2D eigenvalue weighted by Crippen LogP contribution is 2.29. The second-order valence-electron chi connectivity index (χ2n) is 7.55. The van der Waals surface area contributed by atoms with Crippen LogP contribution in [0.3, 0.4) is 0 Å². The first-order valence-corrected chi connectivity index (χ1v) is 10.0. The molecule has 1 heterocycles. The topological polar surface area (TPSA) is 84.2 Å². The molecule has 0 atom stereocenters. The number of benzene rings is 3. The van der Waals surface area contributed by atoms with Crippen molar-refractivity contribution < 1.29 is 32.3 Å². The lowest BCUT2D eigenvalue weighted by atomic mass is 10.1. The zero-order valence-electron chi connectivity index (χ0n) is 17.4. The molecule has 0 aliphatic heterocycles. The fraction of sp³-hybridized carbons (Fsp3) is 0.125. The summed E-state index contributed by atoms with van der Waals surface area (Å²) in [5, 5.41) is 16.4. The summed E-state index contributed by atoms with van der Waals surface area (Å²) in [6, 6.07) is 14.2. The molecule has 0 aliphatic rings. The molecule has 0 saturated carbocycles. The van der Waals surface area contributed by atoms with Crippen LogP contribution in [0.5, 0.6) is 0 Å². The number of carbonyl (C=O) groups is 2. The van der Waals surface area contributed by atoms with Gasteiger partial charge in [-0.15, -0.1) is 0 Å². The van der Waals surface area contributed by atoms with Crippen molar-refractivity contribution in [3.8, 4) is 0 Å². The summed E-state index contributed by atoms with van der Waals surface area (Å²) in [5.74, 6) is -2.14. The van der Waals surface area contributed by atoms with Crippen LogP contribution in [0, 0.1) is 5.82 Å². The first kappa shape index (κ1) is 23.0. The number of alkyl halides is 3. The molecule has 1 amide bonds. The van der Waals surface area contributed by atoms with Gasteiger partial charge in [0, 0.05) is 18.0 Å². The smallest absolute Gasteiger partial charge is 0.416 e. The van der Waals surface area contributed by atoms with Crippen LogP contribution >= 0.6 is 0 Å². The molecule has 4 aromatic rings. The number of nitrogens with zero attached hydrogens (tertiary/aromatic N) is 2. The Bertz CT molecular complexity index is 1360. The van der Waals surface area contributed by atoms with Gasteiger partial charge in [0.25, 0.3) is 5.91 Å². The Morgan fingerprint density at radius 1 is 0.941 bits per heavy atom. The van der Waals surface area contributed by atoms with Crippen molar-refractivity contribution in [3.63, 3.8) is 0 Å². The summed E-state index contributed by atoms with van der Waals surface area (Å²) in [5.41, 5.74) is 0.788. The predicted molar refractivity (Wildman–Crippen MR) is 115 cm³/mol. The number of amides is 1. The van der Waals surface area contributed by atoms with Gasteiger partial charge < -0.3 is 10.4 Å². The van der Waals surface area contributed by atoms with Crippen molar-refractivity contribution in [2.24, 2.45) is 0 Å². The Labute approximate surface area is 190 Å². The Morgan fingerprint density at radius 3 is 2.21 bits per heavy atom. The van der Waals surface area contributed by atoms with Gasteiger partial charge in [-0.05, 0) is 47.5 Å². The number of hydrogen-bond donors (Lipinski definition) is 2. The number of aromatic carboxylic acids is 1. The quantitative estimate of drug-likeness (QED) is 0.393. The number of carbonyl (C=O) groups excluding carboxylic acids is 1. The SMILES string of the molecule is O=C(O)c1ccc(CNC(=O)c2c3ccc(F)cc3nn2Cc2ccc(C(F)(F)F)cc2)cc1. The van der Waals surface area contributed by atoms with E-state index in [1.54, 1.807) is 12.1 Å². The molecule has 0 spiro atoms. The third kappa shape index (κ3) is 4.90. The lowest BCUT2D eigenvalue weighted by Crippen LogP contribution is -2.26. The van der Waals surface area contributed by atoms with Crippen LogP contribution in [0.4, 0.5) is 17.6 Å². The molecule has 174 valence electrons. The zero-order valence-corrected chi connectivity index (χ0v) is 17.4. The first-order chi connectivity index (χ1) is 16.1. The fourth-order valence-corrected chi connectivity index (χ4v) is 3.46. The van der Waals surface area contributed by atoms with Gasteiger partial charge in [-0.25, -0.2) is 9.18 Å². The lowest BCUT2D eigenvalue weighted by molar-refractivity contribution is -0.137. The number of fused-ring (bicyclic) bond motifs is 1. The van der Waals surface area contributed by atoms with Gasteiger partial charge in [0.2, 0.25) is 0 Å². The van der Waals surface area contributed by atoms with Crippen LogP contribution in [-0.4, -0.2) is 26.8 Å². The molecule has 2 N–H and O–H groups in total. The van der Waals surface area contributed by atoms with Crippen molar-refractivity contribution in [1.82, 2.24) is 15.1 Å². The van der Waals surface area contributed by atoms with Crippen LogP contribution < -0.4 is 5.32 Å². The predicted octanol–water partition coefficient (Wildman–Crippen LogP) is 4.87. The first-order valence-electron chi connectivity index (χ1n) is 10.0. The summed E-state index contributed by atoms with van der Waals surface area (Å²) in [6.07, 6.45) is -4.47. The maximum absolute atomic E-state index is 13.7. The molecule has 6 nitrogen and oxygen atoms in total. The molecule has 0 aliphatic carbocycles. The zero-order chi connectivity index (χ0) is 24.5. The summed E-state index contributed by atoms with van der Waals surface area (Å²) < 4.78 is 53.6. The second kappa shape index (κ2) is 8.97. The van der Waals surface area contributed by atoms with Gasteiger partial charge in [-0.3, -0.25) is 9.48 Å². The van der Waals surface area contributed by atoms with Crippen LogP contribution in [0.15, 0.2) is 66.7 Å². The Morgan fingerprint density at radius 2 is 1.59 bits per heavy atom. The molecule has 34 heavy (non-hydrogen) atoms. The van der Waals surface area contributed by atoms with Gasteiger partial charge in [0.15, 0.2) is 0 Å². The molecule has 0 unspecified atom stereocenters. The molecule has 0 bridgehead atoms. The fourth-order valence-electron chi connectivity index (χ4n) is 3.46. The van der Waals surface area contributed by atoms with Crippen molar-refractivity contribution in [2.45, 2.75) is 19.3 Å². The minimum Gasteiger partial charge on any atom is -0.478 e. The number of halogens is 4. The molecule has 10 heteroatoms. The van der Waals surface area contributed by atoms with E-state index in [0.717, 1.165) is 12.1 Å². The molecule has 0 radical (unpaired) electrons. The van der Waals surface area contributed by atoms with Crippen molar-refractivity contribution in [2.75, 3.05) is 0 Å². The lowest BCUT2D eigenvalue weighted by Gasteiger charge is -2.11. The summed E-state index contributed by atoms with van der Waals surface area (Å²) in [7, 11) is 0. The van der Waals surface area contributed by atoms with Crippen LogP contribution in [0.25, 0.3) is 10.9 Å². The van der Waals surface area contributed by atoms with Crippen LogP contribution in [-0.2, 0) is 19.3 Å². The number of carboxylic acid groups (broad SMARTS) is 1. The molecule has 4 rings (SSSR count). The Kier molecular flexibility index (Phi) is 6.06. The highest BCUT2D eigenvalue weighted by atomic mass is 19.4. The van der Waals surface area contributed by atoms with Gasteiger partial charge in [-0.1, -0.05) is 24.3 Å². The number of nitrogens with one attached hydrogen (secondary N) is 1.